The zero-order valence-electron chi connectivity index (χ0n) is 11.5. The fourth-order valence-corrected chi connectivity index (χ4v) is 1.62. The number of benzene rings is 1. The van der Waals surface area contributed by atoms with Gasteiger partial charge < -0.3 is 4.90 Å². The molecule has 1 rings (SSSR count). The average molecular weight is 266 g/mol. The van der Waals surface area contributed by atoms with Gasteiger partial charge in [0.1, 0.15) is 5.82 Å². The van der Waals surface area contributed by atoms with Gasteiger partial charge in [0.05, 0.1) is 13.1 Å². The minimum Gasteiger partial charge on any atom is -0.348 e. The average Bonchev–Trinajstić information content (AvgIpc) is 2.31. The molecule has 0 unspecified atom stereocenters. The van der Waals surface area contributed by atoms with Crippen LogP contribution < -0.4 is 0 Å². The molecular weight excluding hydrogens is 247 g/mol. The molecule has 0 radical (unpaired) electrons. The highest BCUT2D eigenvalue weighted by molar-refractivity contribution is 5.84. The van der Waals surface area contributed by atoms with Gasteiger partial charge in [0.25, 0.3) is 0 Å². The Labute approximate surface area is 112 Å². The van der Waals surface area contributed by atoms with Gasteiger partial charge in [0.15, 0.2) is 5.78 Å². The predicted octanol–water partition coefficient (Wildman–Crippen LogP) is 0.957. The Morgan fingerprint density at radius 1 is 1.05 bits per heavy atom. The molecule has 0 saturated heterocycles. The van der Waals surface area contributed by atoms with Crippen molar-refractivity contribution in [2.45, 2.75) is 6.42 Å². The molecule has 1 amide bonds. The first-order valence-electron chi connectivity index (χ1n) is 6.03. The van der Waals surface area contributed by atoms with E-state index in [1.807, 2.05) is 0 Å². The maximum Gasteiger partial charge on any atom is 0.236 e. The molecule has 104 valence electrons. The molecule has 0 aliphatic heterocycles. The lowest BCUT2D eigenvalue weighted by Crippen LogP contribution is -2.37. The zero-order valence-corrected chi connectivity index (χ0v) is 11.5. The molecular formula is C14H19FN2O2. The van der Waals surface area contributed by atoms with Crippen LogP contribution in [0.5, 0.6) is 0 Å². The van der Waals surface area contributed by atoms with Gasteiger partial charge in [-0.3, -0.25) is 14.5 Å². The van der Waals surface area contributed by atoms with Crippen molar-refractivity contribution in [2.75, 3.05) is 34.2 Å². The second-order valence-corrected chi connectivity index (χ2v) is 4.80. The van der Waals surface area contributed by atoms with Crippen LogP contribution in [0.25, 0.3) is 0 Å². The van der Waals surface area contributed by atoms with E-state index < -0.39 is 0 Å². The number of Topliss-reactive ketones (excluding diaryl/α,β-unsaturated/α-hetero) is 1. The van der Waals surface area contributed by atoms with Crippen LogP contribution in [-0.2, 0) is 16.0 Å². The van der Waals surface area contributed by atoms with Gasteiger partial charge in [-0.25, -0.2) is 4.39 Å². The second kappa shape index (κ2) is 6.99. The van der Waals surface area contributed by atoms with E-state index >= 15 is 0 Å². The van der Waals surface area contributed by atoms with E-state index in [9.17, 15) is 14.0 Å². The van der Waals surface area contributed by atoms with Gasteiger partial charge >= 0.3 is 0 Å². The molecule has 0 aliphatic rings. The highest BCUT2D eigenvalue weighted by Gasteiger charge is 2.12. The van der Waals surface area contributed by atoms with Crippen LogP contribution in [0.1, 0.15) is 5.56 Å². The Kier molecular flexibility index (Phi) is 5.63. The Bertz CT molecular complexity index is 443. The van der Waals surface area contributed by atoms with Gasteiger partial charge in [-0.15, -0.1) is 0 Å². The summed E-state index contributed by atoms with van der Waals surface area (Å²) in [7, 11) is 5.08. The van der Waals surface area contributed by atoms with Crippen molar-refractivity contribution in [3.63, 3.8) is 0 Å². The lowest BCUT2D eigenvalue weighted by molar-refractivity contribution is -0.130. The number of amides is 1. The fourth-order valence-electron chi connectivity index (χ4n) is 1.62. The molecule has 0 saturated carbocycles. The summed E-state index contributed by atoms with van der Waals surface area (Å²) in [5.74, 6) is -0.359. The summed E-state index contributed by atoms with van der Waals surface area (Å²) in [6.07, 6.45) is 0.251. The minimum atomic E-state index is -0.315. The molecule has 0 bridgehead atoms. The third-order valence-electron chi connectivity index (χ3n) is 2.66. The van der Waals surface area contributed by atoms with Crippen LogP contribution in [0.2, 0.25) is 0 Å². The zero-order chi connectivity index (χ0) is 14.4. The highest BCUT2D eigenvalue weighted by Crippen LogP contribution is 2.04. The Morgan fingerprint density at radius 3 is 2.16 bits per heavy atom. The molecule has 0 spiro atoms. The van der Waals surface area contributed by atoms with E-state index in [1.165, 1.54) is 17.0 Å². The van der Waals surface area contributed by atoms with Crippen LogP contribution in [-0.4, -0.2) is 55.7 Å². The van der Waals surface area contributed by atoms with Crippen LogP contribution in [0.3, 0.4) is 0 Å². The van der Waals surface area contributed by atoms with E-state index in [2.05, 4.69) is 0 Å². The summed E-state index contributed by atoms with van der Waals surface area (Å²) in [5.41, 5.74) is 0.777. The first kappa shape index (κ1) is 15.3. The van der Waals surface area contributed by atoms with Gasteiger partial charge in [-0.2, -0.15) is 0 Å². The van der Waals surface area contributed by atoms with Gasteiger partial charge in [-0.05, 0) is 24.7 Å². The summed E-state index contributed by atoms with van der Waals surface area (Å²) in [6, 6.07) is 5.86. The number of nitrogens with zero attached hydrogens (tertiary/aromatic N) is 2. The Morgan fingerprint density at radius 2 is 1.63 bits per heavy atom. The van der Waals surface area contributed by atoms with Gasteiger partial charge in [0, 0.05) is 20.5 Å². The van der Waals surface area contributed by atoms with Crippen molar-refractivity contribution < 1.29 is 14.0 Å². The summed E-state index contributed by atoms with van der Waals surface area (Å²) in [6.45, 7) is 0.416. The smallest absolute Gasteiger partial charge is 0.236 e. The summed E-state index contributed by atoms with van der Waals surface area (Å²) in [4.78, 5) is 26.4. The van der Waals surface area contributed by atoms with E-state index in [0.29, 0.717) is 0 Å². The summed E-state index contributed by atoms with van der Waals surface area (Å²) < 4.78 is 12.7. The summed E-state index contributed by atoms with van der Waals surface area (Å²) in [5, 5.41) is 0. The number of carbonyl (C=O) groups is 2. The minimum absolute atomic E-state index is 0.000615. The number of likely N-dealkylation sites (N-methyl/N-ethyl adjacent to an activating group) is 2. The topological polar surface area (TPSA) is 40.6 Å². The second-order valence-electron chi connectivity index (χ2n) is 4.80. The van der Waals surface area contributed by atoms with Crippen molar-refractivity contribution in [1.82, 2.24) is 9.80 Å². The third kappa shape index (κ3) is 5.61. The molecule has 5 heteroatoms. The Hall–Kier alpha value is -1.75. The molecule has 1 aromatic rings. The molecule has 0 aromatic heterocycles. The largest absolute Gasteiger partial charge is 0.348 e. The van der Waals surface area contributed by atoms with Gasteiger partial charge in [0.2, 0.25) is 5.91 Å². The Balaban J connectivity index is 2.42. The molecule has 0 fully saturated rings. The number of hydrogen-bond donors (Lipinski definition) is 0. The normalized spacial score (nSPS) is 10.6. The van der Waals surface area contributed by atoms with Crippen molar-refractivity contribution in [3.8, 4) is 0 Å². The number of halogens is 1. The number of hydrogen-bond acceptors (Lipinski definition) is 3. The quantitative estimate of drug-likeness (QED) is 0.770. The van der Waals surface area contributed by atoms with Crippen LogP contribution in [0, 0.1) is 5.82 Å². The molecule has 0 N–H and O–H groups in total. The van der Waals surface area contributed by atoms with Crippen molar-refractivity contribution in [3.05, 3.63) is 35.6 Å². The lowest BCUT2D eigenvalue weighted by Gasteiger charge is -2.18. The first-order valence-corrected chi connectivity index (χ1v) is 6.03. The number of rotatable bonds is 6. The predicted molar refractivity (Wildman–Crippen MR) is 71.3 cm³/mol. The molecule has 4 nitrogen and oxygen atoms in total. The molecule has 19 heavy (non-hydrogen) atoms. The number of carbonyl (C=O) groups excluding carboxylic acids is 2. The SMILES string of the molecule is CN(CC(=O)Cc1ccc(F)cc1)CC(=O)N(C)C. The monoisotopic (exact) mass is 266 g/mol. The number of ketones is 1. The van der Waals surface area contributed by atoms with Crippen LogP contribution >= 0.6 is 0 Å². The summed E-state index contributed by atoms with van der Waals surface area (Å²) >= 11 is 0. The molecule has 0 aliphatic carbocycles. The first-order chi connectivity index (χ1) is 8.88. The molecule has 1 aromatic carbocycles. The lowest BCUT2D eigenvalue weighted by atomic mass is 10.1. The van der Waals surface area contributed by atoms with Crippen molar-refractivity contribution >= 4 is 11.7 Å². The van der Waals surface area contributed by atoms with Crippen molar-refractivity contribution in [2.24, 2.45) is 0 Å². The standard InChI is InChI=1S/C14H19FN2O2/c1-16(2)14(19)10-17(3)9-13(18)8-11-4-6-12(15)7-5-11/h4-7H,8-10H2,1-3H3. The third-order valence-corrected chi connectivity index (χ3v) is 2.66. The van der Waals surface area contributed by atoms with Crippen LogP contribution in [0.4, 0.5) is 4.39 Å². The maximum atomic E-state index is 12.7. The highest BCUT2D eigenvalue weighted by atomic mass is 19.1. The maximum absolute atomic E-state index is 12.7. The van der Waals surface area contributed by atoms with E-state index in [4.69, 9.17) is 0 Å². The van der Waals surface area contributed by atoms with E-state index in [1.54, 1.807) is 38.2 Å². The molecule has 0 atom stereocenters. The van der Waals surface area contributed by atoms with E-state index in [-0.39, 0.29) is 37.0 Å². The fraction of sp³-hybridized carbons (Fsp3) is 0.429. The van der Waals surface area contributed by atoms with E-state index in [0.717, 1.165) is 5.56 Å². The van der Waals surface area contributed by atoms with Crippen molar-refractivity contribution in [1.29, 1.82) is 0 Å². The van der Waals surface area contributed by atoms with Crippen LogP contribution in [0.15, 0.2) is 24.3 Å². The molecule has 0 heterocycles. The van der Waals surface area contributed by atoms with Gasteiger partial charge in [-0.1, -0.05) is 12.1 Å².